The van der Waals surface area contributed by atoms with E-state index < -0.39 is 23.1 Å². The van der Waals surface area contributed by atoms with Gasteiger partial charge in [-0.25, -0.2) is 0 Å². The predicted octanol–water partition coefficient (Wildman–Crippen LogP) is 10.5. The molecule has 2 aromatic heterocycles. The van der Waals surface area contributed by atoms with E-state index in [-0.39, 0.29) is 67.8 Å². The van der Waals surface area contributed by atoms with E-state index in [4.69, 9.17) is 9.97 Å². The predicted molar refractivity (Wildman–Crippen MR) is 272 cm³/mol. The van der Waals surface area contributed by atoms with Crippen LogP contribution < -0.4 is 31.9 Å². The smallest absolute Gasteiger partial charge is 0.233 e. The van der Waals surface area contributed by atoms with Crippen LogP contribution in [0.1, 0.15) is 150 Å². The van der Waals surface area contributed by atoms with E-state index in [0.717, 1.165) is 44.9 Å². The molecular formula is C53H60N12O4. The molecule has 2 aliphatic carbocycles. The number of ketones is 4. The Morgan fingerprint density at radius 3 is 1.09 bits per heavy atom. The van der Waals surface area contributed by atoms with Gasteiger partial charge in [0.05, 0.1) is 22.5 Å². The van der Waals surface area contributed by atoms with Gasteiger partial charge in [-0.1, -0.05) is 134 Å². The topological polar surface area (TPSA) is 218 Å². The first kappa shape index (κ1) is 47.9. The van der Waals surface area contributed by atoms with Crippen LogP contribution in [0.5, 0.6) is 0 Å². The SMILES string of the molecule is CCCCNc1nc(NCC(CC)CC)nc(Nc2ccc(-c3ccc(Nc4nc(NCCC)nc(NCC(CC)CC)n4)c4c3C(=O)c3ccccc3C4=O)c3c2C(=O)c2ccccc2C3=O)n1. The molecule has 69 heavy (non-hydrogen) atoms. The molecule has 0 amide bonds. The van der Waals surface area contributed by atoms with E-state index in [0.29, 0.717) is 72.9 Å². The number of nitrogens with zero attached hydrogens (tertiary/aromatic N) is 6. The van der Waals surface area contributed by atoms with Gasteiger partial charge in [0.1, 0.15) is 0 Å². The molecule has 0 fully saturated rings. The second-order valence-corrected chi connectivity index (χ2v) is 17.4. The van der Waals surface area contributed by atoms with Gasteiger partial charge in [-0.05, 0) is 47.9 Å². The van der Waals surface area contributed by atoms with Crippen molar-refractivity contribution in [1.82, 2.24) is 29.9 Å². The van der Waals surface area contributed by atoms with Crippen LogP contribution in [-0.2, 0) is 0 Å². The van der Waals surface area contributed by atoms with E-state index in [1.165, 1.54) is 0 Å². The minimum Gasteiger partial charge on any atom is -0.354 e. The summed E-state index contributed by atoms with van der Waals surface area (Å²) in [6.07, 6.45) is 6.66. The maximum Gasteiger partial charge on any atom is 0.233 e. The molecule has 8 rings (SSSR count). The van der Waals surface area contributed by atoms with E-state index in [2.05, 4.69) is 86.5 Å². The summed E-state index contributed by atoms with van der Waals surface area (Å²) in [7, 11) is 0. The van der Waals surface area contributed by atoms with Gasteiger partial charge in [-0.3, -0.25) is 19.2 Å². The van der Waals surface area contributed by atoms with Gasteiger partial charge in [-0.2, -0.15) is 29.9 Å². The summed E-state index contributed by atoms with van der Waals surface area (Å²) in [5.74, 6) is 0.928. The van der Waals surface area contributed by atoms with E-state index in [9.17, 15) is 19.2 Å². The average molecular weight is 929 g/mol. The second-order valence-electron chi connectivity index (χ2n) is 17.4. The zero-order valence-corrected chi connectivity index (χ0v) is 40.2. The molecule has 2 heterocycles. The number of rotatable bonds is 22. The zero-order chi connectivity index (χ0) is 48.6. The Labute approximate surface area is 402 Å². The standard InChI is InChI=1S/C53H60N12O4/c1-7-13-27-55-49-61-51(57-29-31(11-5)12-6)65-53(63-49)59-39-25-23-33(41-43(39)47(69)37-21-17-15-19-35(37)45(41)67)32-22-24-38(42-40(32)44(66)34-18-14-16-20-36(34)46(42)68)58-52-62-48(54-26-8-2)60-50(64-52)56-28-30(9-3)10-4/h14-25,30-31H,7-13,26-29H2,1-6H3,(H3,54,56,58,60,62,64)(H3,55,57,59,61,63,65). The van der Waals surface area contributed by atoms with Crippen molar-refractivity contribution >= 4 is 70.2 Å². The van der Waals surface area contributed by atoms with Gasteiger partial charge in [0.2, 0.25) is 35.7 Å². The number of hydrogen-bond acceptors (Lipinski definition) is 16. The number of aromatic nitrogens is 6. The molecule has 0 saturated carbocycles. The lowest BCUT2D eigenvalue weighted by molar-refractivity contribution is 0.0978. The Hall–Kier alpha value is -7.62. The van der Waals surface area contributed by atoms with Gasteiger partial charge >= 0.3 is 0 Å². The summed E-state index contributed by atoms with van der Waals surface area (Å²) in [5, 5.41) is 19.8. The summed E-state index contributed by atoms with van der Waals surface area (Å²) >= 11 is 0. The van der Waals surface area contributed by atoms with Crippen LogP contribution in [0.15, 0.2) is 72.8 Å². The van der Waals surface area contributed by atoms with Crippen LogP contribution in [0.4, 0.5) is 47.1 Å². The maximum absolute atomic E-state index is 15.0. The number of nitrogens with one attached hydrogen (secondary N) is 6. The Morgan fingerprint density at radius 1 is 0.377 bits per heavy atom. The van der Waals surface area contributed by atoms with Crippen molar-refractivity contribution < 1.29 is 19.2 Å². The highest BCUT2D eigenvalue weighted by Crippen LogP contribution is 2.44. The van der Waals surface area contributed by atoms with E-state index in [1.807, 2.05) is 6.92 Å². The fraction of sp³-hybridized carbons (Fsp3) is 0.358. The Morgan fingerprint density at radius 2 is 0.725 bits per heavy atom. The molecule has 356 valence electrons. The second kappa shape index (κ2) is 21.6. The molecule has 0 saturated heterocycles. The fourth-order valence-corrected chi connectivity index (χ4v) is 8.76. The van der Waals surface area contributed by atoms with Crippen LogP contribution in [0.3, 0.4) is 0 Å². The highest BCUT2D eigenvalue weighted by atomic mass is 16.1. The molecule has 0 unspecified atom stereocenters. The molecule has 6 aromatic rings. The number of carbonyl (C=O) groups excluding carboxylic acids is 4. The van der Waals surface area contributed by atoms with Gasteiger partial charge in [0.15, 0.2) is 23.1 Å². The highest BCUT2D eigenvalue weighted by molar-refractivity contribution is 6.35. The third kappa shape index (κ3) is 10.0. The normalized spacial score (nSPS) is 12.6. The van der Waals surface area contributed by atoms with Crippen molar-refractivity contribution in [1.29, 1.82) is 0 Å². The molecule has 16 heteroatoms. The molecule has 0 spiro atoms. The summed E-state index contributed by atoms with van der Waals surface area (Å²) in [6.45, 7) is 15.3. The Bertz CT molecular complexity index is 2910. The molecule has 2 aliphatic rings. The summed E-state index contributed by atoms with van der Waals surface area (Å²) in [6, 6.07) is 20.1. The molecule has 16 nitrogen and oxygen atoms in total. The Balaban J connectivity index is 1.27. The van der Waals surface area contributed by atoms with Gasteiger partial charge in [0.25, 0.3) is 0 Å². The van der Waals surface area contributed by atoms with Crippen molar-refractivity contribution in [2.75, 3.05) is 58.1 Å². The van der Waals surface area contributed by atoms with Gasteiger partial charge in [-0.15, -0.1) is 0 Å². The molecule has 0 atom stereocenters. The monoisotopic (exact) mass is 928 g/mol. The van der Waals surface area contributed by atoms with Crippen molar-refractivity contribution in [3.8, 4) is 11.1 Å². The summed E-state index contributed by atoms with van der Waals surface area (Å²) in [4.78, 5) is 87.6. The van der Waals surface area contributed by atoms with E-state index in [1.54, 1.807) is 72.8 Å². The minimum atomic E-state index is -0.417. The molecule has 0 radical (unpaired) electrons. The number of carbonyl (C=O) groups is 4. The lowest BCUT2D eigenvalue weighted by atomic mass is 9.75. The number of benzene rings is 4. The zero-order valence-electron chi connectivity index (χ0n) is 40.2. The summed E-state index contributed by atoms with van der Waals surface area (Å²) in [5.41, 5.74) is 2.40. The highest BCUT2D eigenvalue weighted by Gasteiger charge is 2.39. The fourth-order valence-electron chi connectivity index (χ4n) is 8.76. The van der Waals surface area contributed by atoms with Crippen LogP contribution >= 0.6 is 0 Å². The number of anilines is 8. The Kier molecular flexibility index (Phi) is 15.0. The van der Waals surface area contributed by atoms with Crippen LogP contribution in [0, 0.1) is 11.8 Å². The molecule has 0 aliphatic heterocycles. The molecule has 0 bridgehead atoms. The van der Waals surface area contributed by atoms with Crippen LogP contribution in [-0.4, -0.2) is 79.2 Å². The van der Waals surface area contributed by atoms with Crippen molar-refractivity contribution in [3.05, 3.63) is 117 Å². The first-order valence-electron chi connectivity index (χ1n) is 24.3. The molecule has 6 N–H and O–H groups in total. The first-order valence-corrected chi connectivity index (χ1v) is 24.3. The minimum absolute atomic E-state index is 0.0737. The quantitative estimate of drug-likeness (QED) is 0.0348. The van der Waals surface area contributed by atoms with Crippen molar-refractivity contribution in [2.24, 2.45) is 11.8 Å². The van der Waals surface area contributed by atoms with Crippen LogP contribution in [0.2, 0.25) is 0 Å². The lowest BCUT2D eigenvalue weighted by Crippen LogP contribution is -2.25. The first-order chi connectivity index (χ1) is 33.6. The van der Waals surface area contributed by atoms with Crippen LogP contribution in [0.25, 0.3) is 11.1 Å². The number of hydrogen-bond donors (Lipinski definition) is 6. The molecule has 4 aromatic carbocycles. The summed E-state index contributed by atoms with van der Waals surface area (Å²) < 4.78 is 0. The maximum atomic E-state index is 15.0. The number of unbranched alkanes of at least 4 members (excludes halogenated alkanes) is 1. The third-order valence-corrected chi connectivity index (χ3v) is 13.0. The lowest BCUT2D eigenvalue weighted by Gasteiger charge is -2.27. The third-order valence-electron chi connectivity index (χ3n) is 13.0. The number of fused-ring (bicyclic) bond motifs is 4. The van der Waals surface area contributed by atoms with Crippen molar-refractivity contribution in [3.63, 3.8) is 0 Å². The largest absolute Gasteiger partial charge is 0.354 e. The van der Waals surface area contributed by atoms with Crippen molar-refractivity contribution in [2.45, 2.75) is 86.5 Å². The average Bonchev–Trinajstić information content (AvgIpc) is 3.37. The van der Waals surface area contributed by atoms with E-state index >= 15 is 0 Å². The van der Waals surface area contributed by atoms with Gasteiger partial charge in [0, 0.05) is 59.6 Å². The van der Waals surface area contributed by atoms with Gasteiger partial charge < -0.3 is 31.9 Å². The molecular weight excluding hydrogens is 869 g/mol.